The number of alkyl halides is 2. The summed E-state index contributed by atoms with van der Waals surface area (Å²) in [6, 6.07) is 1.85. The number of aliphatic imine (C=N–C) groups is 2. The molecule has 1 fully saturated rings. The van der Waals surface area contributed by atoms with Crippen molar-refractivity contribution in [3.8, 4) is 0 Å². The van der Waals surface area contributed by atoms with Crippen LogP contribution in [0.15, 0.2) is 37.6 Å². The van der Waals surface area contributed by atoms with Crippen molar-refractivity contribution in [1.82, 2.24) is 10.1 Å². The lowest BCUT2D eigenvalue weighted by Gasteiger charge is -2.24. The molecule has 2 atom stereocenters. The Morgan fingerprint density at radius 3 is 2.96 bits per heavy atom. The van der Waals surface area contributed by atoms with Crippen LogP contribution in [0.4, 0.5) is 8.78 Å². The van der Waals surface area contributed by atoms with E-state index in [0.29, 0.717) is 5.82 Å². The maximum absolute atomic E-state index is 13.8. The second kappa shape index (κ2) is 5.29. The highest BCUT2D eigenvalue weighted by Crippen LogP contribution is 2.37. The molecule has 3 aliphatic rings. The van der Waals surface area contributed by atoms with Crippen molar-refractivity contribution in [2.24, 2.45) is 15.1 Å². The van der Waals surface area contributed by atoms with Crippen LogP contribution in [0.3, 0.4) is 0 Å². The van der Waals surface area contributed by atoms with E-state index in [2.05, 4.69) is 20.3 Å². The fraction of sp³-hybridized carbons (Fsp3) is 0.533. The number of hydrogen-bond acceptors (Lipinski definition) is 6. The van der Waals surface area contributed by atoms with Crippen LogP contribution in [-0.4, -0.2) is 45.6 Å². The number of rotatable bonds is 3. The molecule has 0 bridgehead atoms. The minimum Gasteiger partial charge on any atom is -0.361 e. The quantitative estimate of drug-likeness (QED) is 0.798. The number of azo groups is 2. The van der Waals surface area contributed by atoms with Crippen molar-refractivity contribution in [3.05, 3.63) is 29.4 Å². The van der Waals surface area contributed by atoms with Crippen molar-refractivity contribution in [2.75, 3.05) is 6.54 Å². The molecule has 0 amide bonds. The second-order valence-corrected chi connectivity index (χ2v) is 6.19. The van der Waals surface area contributed by atoms with Crippen LogP contribution in [0.1, 0.15) is 37.3 Å². The highest BCUT2D eigenvalue weighted by Gasteiger charge is 2.45. The van der Waals surface area contributed by atoms with E-state index >= 15 is 0 Å². The molecule has 9 heteroatoms. The van der Waals surface area contributed by atoms with Gasteiger partial charge in [0.15, 0.2) is 6.34 Å². The van der Waals surface area contributed by atoms with Gasteiger partial charge in [0.05, 0.1) is 12.6 Å². The summed E-state index contributed by atoms with van der Waals surface area (Å²) in [5.41, 5.74) is 0.518. The van der Waals surface area contributed by atoms with Crippen molar-refractivity contribution in [2.45, 2.75) is 44.9 Å². The summed E-state index contributed by atoms with van der Waals surface area (Å²) in [6.45, 7) is 3.40. The van der Waals surface area contributed by atoms with Crippen molar-refractivity contribution < 1.29 is 18.0 Å². The number of likely N-dealkylation sites (tertiary alicyclic amines) is 1. The summed E-state index contributed by atoms with van der Waals surface area (Å²) in [5.74, 6) is -1.73. The highest BCUT2D eigenvalue weighted by atomic mass is 19.3. The van der Waals surface area contributed by atoms with Gasteiger partial charge in [0.2, 0.25) is 0 Å². The monoisotopic (exact) mass is 335 g/mol. The zero-order chi connectivity index (χ0) is 16.9. The number of aromatic nitrogens is 1. The van der Waals surface area contributed by atoms with Crippen molar-refractivity contribution >= 4 is 12.1 Å². The lowest BCUT2D eigenvalue weighted by Crippen LogP contribution is -2.38. The molecule has 1 aromatic rings. The topological polar surface area (TPSA) is 69.4 Å². The number of fused-ring (bicyclic) bond motifs is 1. The Hall–Kier alpha value is -2.45. The Bertz CT molecular complexity index is 788. The fourth-order valence-corrected chi connectivity index (χ4v) is 3.23. The molecule has 2 unspecified atom stereocenters. The Morgan fingerprint density at radius 2 is 2.25 bits per heavy atom. The summed E-state index contributed by atoms with van der Waals surface area (Å²) in [7, 11) is 0. The molecular weight excluding hydrogens is 318 g/mol. The zero-order valence-electron chi connectivity index (χ0n) is 13.4. The molecule has 126 valence electrons. The van der Waals surface area contributed by atoms with Crippen LogP contribution in [0.2, 0.25) is 0 Å². The highest BCUT2D eigenvalue weighted by molar-refractivity contribution is 6.01. The third kappa shape index (κ3) is 2.44. The SMILES string of the molecule is Cc1cc(C2CCCN2C2=CC(C(C)(F)F)=NC3N=CN=[N+]23)no1. The maximum atomic E-state index is 13.8. The minimum absolute atomic E-state index is 0.0324. The lowest BCUT2D eigenvalue weighted by atomic mass is 10.1. The molecule has 4 rings (SSSR count). The minimum atomic E-state index is -3.03. The smallest absolute Gasteiger partial charge is 0.312 e. The van der Waals surface area contributed by atoms with Crippen LogP contribution in [0.25, 0.3) is 0 Å². The van der Waals surface area contributed by atoms with E-state index in [0.717, 1.165) is 37.8 Å². The molecule has 0 aliphatic carbocycles. The average molecular weight is 335 g/mol. The lowest BCUT2D eigenvalue weighted by molar-refractivity contribution is -0.585. The first-order valence-electron chi connectivity index (χ1n) is 7.83. The molecule has 0 N–H and O–H groups in total. The van der Waals surface area contributed by atoms with Crippen LogP contribution in [0, 0.1) is 6.92 Å². The Labute approximate surface area is 137 Å². The molecule has 1 aromatic heterocycles. The van der Waals surface area contributed by atoms with Crippen molar-refractivity contribution in [1.29, 1.82) is 0 Å². The first kappa shape index (κ1) is 15.1. The second-order valence-electron chi connectivity index (χ2n) is 6.19. The van der Waals surface area contributed by atoms with Gasteiger partial charge >= 0.3 is 12.1 Å². The Morgan fingerprint density at radius 1 is 1.42 bits per heavy atom. The van der Waals surface area contributed by atoms with Gasteiger partial charge in [-0.2, -0.15) is 13.8 Å². The van der Waals surface area contributed by atoms with E-state index in [9.17, 15) is 8.78 Å². The number of hydrogen-bond donors (Lipinski definition) is 0. The van der Waals surface area contributed by atoms with Gasteiger partial charge in [-0.15, -0.1) is 0 Å². The van der Waals surface area contributed by atoms with E-state index in [1.54, 1.807) is 4.70 Å². The van der Waals surface area contributed by atoms with E-state index in [1.807, 2.05) is 17.9 Å². The summed E-state index contributed by atoms with van der Waals surface area (Å²) >= 11 is 0. The average Bonchev–Trinajstić information content (AvgIpc) is 3.24. The molecular formula is C15H17F2N6O+. The van der Waals surface area contributed by atoms with Gasteiger partial charge in [0, 0.05) is 13.0 Å². The summed E-state index contributed by atoms with van der Waals surface area (Å²) in [5, 5.41) is 8.26. The standard InChI is InChI=1S/C15H17F2N6O/c1-9-6-10(21-24-9)11-4-3-5-22(11)13-7-12(15(2,16)17)20-14-18-8-19-23(13)14/h6-8,11,14H,3-5H2,1-2H3/q+1. The molecule has 3 aliphatic heterocycles. The van der Waals surface area contributed by atoms with Gasteiger partial charge in [-0.05, 0) is 19.8 Å². The third-order valence-corrected chi connectivity index (χ3v) is 4.33. The van der Waals surface area contributed by atoms with Crippen molar-refractivity contribution in [3.63, 3.8) is 0 Å². The van der Waals surface area contributed by atoms with E-state index in [-0.39, 0.29) is 11.8 Å². The predicted octanol–water partition coefficient (Wildman–Crippen LogP) is 2.86. The molecule has 7 nitrogen and oxygen atoms in total. The van der Waals surface area contributed by atoms with Gasteiger partial charge in [-0.3, -0.25) is 4.90 Å². The summed E-state index contributed by atoms with van der Waals surface area (Å²) in [4.78, 5) is 10.1. The molecule has 4 heterocycles. The maximum Gasteiger partial charge on any atom is 0.312 e. The largest absolute Gasteiger partial charge is 0.361 e. The fourth-order valence-electron chi connectivity index (χ4n) is 3.23. The number of allylic oxidation sites excluding steroid dienone is 1. The molecule has 0 radical (unpaired) electrons. The number of nitrogens with zero attached hydrogens (tertiary/aromatic N) is 6. The Balaban J connectivity index is 1.73. The van der Waals surface area contributed by atoms with Gasteiger partial charge in [0.25, 0.3) is 5.92 Å². The first-order chi connectivity index (χ1) is 11.4. The molecule has 0 saturated carbocycles. The number of aryl methyl sites for hydroxylation is 1. The van der Waals surface area contributed by atoms with Gasteiger partial charge in [-0.1, -0.05) is 15.0 Å². The zero-order valence-corrected chi connectivity index (χ0v) is 13.4. The summed E-state index contributed by atoms with van der Waals surface area (Å²) < 4.78 is 34.4. The third-order valence-electron chi connectivity index (χ3n) is 4.33. The van der Waals surface area contributed by atoms with Gasteiger partial charge < -0.3 is 4.52 Å². The normalized spacial score (nSPS) is 26.3. The predicted molar refractivity (Wildman–Crippen MR) is 81.0 cm³/mol. The first-order valence-corrected chi connectivity index (χ1v) is 7.83. The molecule has 0 spiro atoms. The van der Waals surface area contributed by atoms with E-state index < -0.39 is 12.2 Å². The van der Waals surface area contributed by atoms with Gasteiger partial charge in [-0.25, -0.2) is 4.99 Å². The van der Waals surface area contributed by atoms with E-state index in [4.69, 9.17) is 4.52 Å². The molecule has 0 aromatic carbocycles. The van der Waals surface area contributed by atoms with Crippen LogP contribution in [0.5, 0.6) is 0 Å². The van der Waals surface area contributed by atoms with E-state index in [1.165, 1.54) is 12.4 Å². The Kier molecular flexibility index (Phi) is 3.33. The molecule has 24 heavy (non-hydrogen) atoms. The summed E-state index contributed by atoms with van der Waals surface area (Å²) in [6.07, 6.45) is 3.80. The molecule has 1 saturated heterocycles. The number of halogens is 2. The van der Waals surface area contributed by atoms with Crippen LogP contribution >= 0.6 is 0 Å². The van der Waals surface area contributed by atoms with Crippen LogP contribution in [-0.2, 0) is 0 Å². The van der Waals surface area contributed by atoms with Gasteiger partial charge in [0.1, 0.15) is 23.2 Å². The van der Waals surface area contributed by atoms with Crippen LogP contribution < -0.4 is 0 Å².